The Bertz CT molecular complexity index is 1130. The minimum absolute atomic E-state index is 0.0542. The minimum Gasteiger partial charge on any atom is -0.528 e. The highest BCUT2D eigenvalue weighted by Gasteiger charge is 2.05. The highest BCUT2D eigenvalue weighted by molar-refractivity contribution is 6.20. The van der Waals surface area contributed by atoms with Crippen LogP contribution < -0.4 is 28.3 Å². The molecule has 0 saturated carbocycles. The van der Waals surface area contributed by atoms with Gasteiger partial charge in [-0.25, -0.2) is 0 Å². The molecule has 0 aliphatic carbocycles. The molecule has 0 N–H and O–H groups in total. The number of rotatable bonds is 12. The molecule has 0 aromatic heterocycles. The van der Waals surface area contributed by atoms with Gasteiger partial charge < -0.3 is 28.3 Å². The third-order valence-electron chi connectivity index (χ3n) is 5.14. The average molecular weight is 470 g/mol. The van der Waals surface area contributed by atoms with Gasteiger partial charge in [0.05, 0.1) is 14.2 Å². The SMILES string of the molecule is COc1cccc(COc2cccc(OBOc3cccc(OCc4cccc(OC)c4)c3)c2)c1. The Labute approximate surface area is 206 Å². The zero-order chi connectivity index (χ0) is 24.3. The van der Waals surface area contributed by atoms with Crippen LogP contribution in [-0.4, -0.2) is 21.9 Å². The van der Waals surface area contributed by atoms with Crippen LogP contribution in [0, 0.1) is 0 Å². The summed E-state index contributed by atoms with van der Waals surface area (Å²) in [7, 11) is 3.35. The minimum atomic E-state index is 0.0542. The maximum atomic E-state index is 5.89. The van der Waals surface area contributed by atoms with Crippen LogP contribution in [-0.2, 0) is 13.2 Å². The quantitative estimate of drug-likeness (QED) is 0.252. The van der Waals surface area contributed by atoms with Gasteiger partial charge in [-0.1, -0.05) is 36.4 Å². The molecule has 0 bridgehead atoms. The van der Waals surface area contributed by atoms with E-state index < -0.39 is 0 Å². The summed E-state index contributed by atoms with van der Waals surface area (Å²) in [6, 6.07) is 30.5. The van der Waals surface area contributed by atoms with Gasteiger partial charge in [0.25, 0.3) is 0 Å². The van der Waals surface area contributed by atoms with E-state index in [1.165, 1.54) is 0 Å². The molecule has 4 aromatic rings. The van der Waals surface area contributed by atoms with E-state index in [1.807, 2.05) is 97.1 Å². The highest BCUT2D eigenvalue weighted by Crippen LogP contribution is 2.23. The summed E-state index contributed by atoms with van der Waals surface area (Å²) in [6.07, 6.45) is 0. The highest BCUT2D eigenvalue weighted by atomic mass is 16.6. The predicted octanol–water partition coefficient (Wildman–Crippen LogP) is 5.59. The molecular weight excluding hydrogens is 443 g/mol. The molecule has 0 fully saturated rings. The van der Waals surface area contributed by atoms with Crippen LogP contribution in [0.25, 0.3) is 0 Å². The van der Waals surface area contributed by atoms with Crippen molar-refractivity contribution in [2.24, 2.45) is 0 Å². The standard InChI is InChI=1S/C28H27BO6/c1-30-23-9-3-7-21(15-23)19-32-25-11-5-13-27(17-25)34-29-35-28-14-6-12-26(18-28)33-20-22-8-4-10-24(16-22)31-2/h3-18,29H,19-20H2,1-2H3. The van der Waals surface area contributed by atoms with Crippen LogP contribution in [0.3, 0.4) is 0 Å². The summed E-state index contributed by atoms with van der Waals surface area (Å²) in [6.45, 7) is 0.861. The lowest BCUT2D eigenvalue weighted by molar-refractivity contribution is 0.303. The van der Waals surface area contributed by atoms with Crippen LogP contribution in [0.15, 0.2) is 97.1 Å². The Balaban J connectivity index is 1.25. The Morgan fingerprint density at radius 2 is 0.886 bits per heavy atom. The van der Waals surface area contributed by atoms with Crippen molar-refractivity contribution in [1.29, 1.82) is 0 Å². The molecule has 0 saturated heterocycles. The second-order valence-electron chi connectivity index (χ2n) is 7.64. The molecule has 0 aliphatic heterocycles. The summed E-state index contributed by atoms with van der Waals surface area (Å²) in [5, 5.41) is 0. The van der Waals surface area contributed by atoms with Gasteiger partial charge in [-0.15, -0.1) is 0 Å². The fraction of sp³-hybridized carbons (Fsp3) is 0.143. The largest absolute Gasteiger partial charge is 0.576 e. The van der Waals surface area contributed by atoms with Crippen molar-refractivity contribution in [1.82, 2.24) is 0 Å². The van der Waals surface area contributed by atoms with Crippen molar-refractivity contribution in [3.8, 4) is 34.5 Å². The summed E-state index contributed by atoms with van der Waals surface area (Å²) in [4.78, 5) is 0. The average Bonchev–Trinajstić information content (AvgIpc) is 2.91. The van der Waals surface area contributed by atoms with E-state index in [1.54, 1.807) is 14.2 Å². The first-order valence-corrected chi connectivity index (χ1v) is 11.2. The van der Waals surface area contributed by atoms with Crippen LogP contribution in [0.2, 0.25) is 0 Å². The fourth-order valence-electron chi connectivity index (χ4n) is 3.33. The van der Waals surface area contributed by atoms with Crippen LogP contribution in [0.1, 0.15) is 11.1 Å². The van der Waals surface area contributed by atoms with Crippen LogP contribution in [0.4, 0.5) is 0 Å². The van der Waals surface area contributed by atoms with E-state index >= 15 is 0 Å². The number of benzene rings is 4. The molecule has 0 spiro atoms. The zero-order valence-electron chi connectivity index (χ0n) is 19.8. The van der Waals surface area contributed by atoms with E-state index in [0.717, 1.165) is 22.6 Å². The molecule has 35 heavy (non-hydrogen) atoms. The first-order valence-electron chi connectivity index (χ1n) is 11.2. The molecule has 0 amide bonds. The van der Waals surface area contributed by atoms with E-state index in [4.69, 9.17) is 28.3 Å². The molecule has 0 unspecified atom stereocenters. The third-order valence-corrected chi connectivity index (χ3v) is 5.14. The first kappa shape index (κ1) is 23.9. The van der Waals surface area contributed by atoms with Crippen molar-refractivity contribution < 1.29 is 28.3 Å². The van der Waals surface area contributed by atoms with Gasteiger partial charge in [0.2, 0.25) is 0 Å². The lowest BCUT2D eigenvalue weighted by Crippen LogP contribution is -2.11. The molecule has 0 aliphatic rings. The van der Waals surface area contributed by atoms with Crippen molar-refractivity contribution in [3.63, 3.8) is 0 Å². The molecule has 0 atom stereocenters. The van der Waals surface area contributed by atoms with Crippen molar-refractivity contribution in [3.05, 3.63) is 108 Å². The second kappa shape index (κ2) is 12.3. The van der Waals surface area contributed by atoms with Crippen LogP contribution >= 0.6 is 0 Å². The lowest BCUT2D eigenvalue weighted by atomic mass is 10.2. The Hall–Kier alpha value is -4.26. The number of hydrogen-bond donors (Lipinski definition) is 0. The lowest BCUT2D eigenvalue weighted by Gasteiger charge is -2.12. The van der Waals surface area contributed by atoms with Crippen molar-refractivity contribution in [2.75, 3.05) is 14.2 Å². The van der Waals surface area contributed by atoms with Gasteiger partial charge in [0.15, 0.2) is 0 Å². The normalized spacial score (nSPS) is 10.2. The molecule has 0 heterocycles. The van der Waals surface area contributed by atoms with E-state index in [9.17, 15) is 0 Å². The fourth-order valence-corrected chi connectivity index (χ4v) is 3.33. The van der Waals surface area contributed by atoms with E-state index in [2.05, 4.69) is 0 Å². The molecule has 4 rings (SSSR count). The molecule has 4 aromatic carbocycles. The molecule has 178 valence electrons. The topological polar surface area (TPSA) is 55.4 Å². The van der Waals surface area contributed by atoms with Gasteiger partial charge in [0, 0.05) is 12.1 Å². The summed E-state index contributed by atoms with van der Waals surface area (Å²) in [5.74, 6) is 4.32. The van der Waals surface area contributed by atoms with Gasteiger partial charge in [-0.05, 0) is 59.7 Å². The smallest absolute Gasteiger partial charge is 0.528 e. The zero-order valence-corrected chi connectivity index (χ0v) is 19.8. The summed E-state index contributed by atoms with van der Waals surface area (Å²) >= 11 is 0. The maximum absolute atomic E-state index is 5.89. The summed E-state index contributed by atoms with van der Waals surface area (Å²) < 4.78 is 33.8. The molecule has 0 radical (unpaired) electrons. The van der Waals surface area contributed by atoms with Crippen molar-refractivity contribution >= 4 is 7.69 Å². The van der Waals surface area contributed by atoms with E-state index in [-0.39, 0.29) is 7.69 Å². The second-order valence-corrected chi connectivity index (χ2v) is 7.64. The first-order chi connectivity index (χ1) is 17.2. The Kier molecular flexibility index (Phi) is 8.38. The Morgan fingerprint density at radius 1 is 0.486 bits per heavy atom. The van der Waals surface area contributed by atoms with Gasteiger partial charge in [-0.3, -0.25) is 0 Å². The number of ether oxygens (including phenoxy) is 4. The number of hydrogen-bond acceptors (Lipinski definition) is 6. The third kappa shape index (κ3) is 7.37. The van der Waals surface area contributed by atoms with Crippen molar-refractivity contribution in [2.45, 2.75) is 13.2 Å². The molecule has 7 heteroatoms. The van der Waals surface area contributed by atoms with Crippen LogP contribution in [0.5, 0.6) is 34.5 Å². The summed E-state index contributed by atoms with van der Waals surface area (Å²) in [5.41, 5.74) is 2.04. The van der Waals surface area contributed by atoms with Gasteiger partial charge in [-0.2, -0.15) is 0 Å². The van der Waals surface area contributed by atoms with Gasteiger partial charge in [0.1, 0.15) is 47.7 Å². The monoisotopic (exact) mass is 470 g/mol. The van der Waals surface area contributed by atoms with Gasteiger partial charge >= 0.3 is 7.69 Å². The molecular formula is C28H27BO6. The molecule has 6 nitrogen and oxygen atoms in total. The number of methoxy groups -OCH3 is 2. The maximum Gasteiger partial charge on any atom is 0.576 e. The Morgan fingerprint density at radius 3 is 1.34 bits per heavy atom. The van der Waals surface area contributed by atoms with E-state index in [0.29, 0.717) is 36.2 Å². The predicted molar refractivity (Wildman–Crippen MR) is 136 cm³/mol.